The van der Waals surface area contributed by atoms with Crippen molar-refractivity contribution in [1.29, 1.82) is 0 Å². The topological polar surface area (TPSA) is 44.3 Å². The van der Waals surface area contributed by atoms with E-state index in [1.165, 1.54) is 19.3 Å². The molecule has 0 bridgehead atoms. The second-order valence-corrected chi connectivity index (χ2v) is 5.94. The lowest BCUT2D eigenvalue weighted by Crippen LogP contribution is -2.38. The van der Waals surface area contributed by atoms with Crippen LogP contribution in [0, 0.1) is 0 Å². The van der Waals surface area contributed by atoms with Crippen molar-refractivity contribution in [2.45, 2.75) is 38.1 Å². The predicted octanol–water partition coefficient (Wildman–Crippen LogP) is 4.32. The van der Waals surface area contributed by atoms with Gasteiger partial charge in [-0.15, -0.1) is 0 Å². The fourth-order valence-corrected chi connectivity index (χ4v) is 3.01. The minimum atomic E-state index is -0.111. The van der Waals surface area contributed by atoms with E-state index < -0.39 is 0 Å². The highest BCUT2D eigenvalue weighted by Gasteiger charge is 2.14. The summed E-state index contributed by atoms with van der Waals surface area (Å²) in [6, 6.07) is 3.63. The second kappa shape index (κ2) is 6.64. The Labute approximate surface area is 128 Å². The van der Waals surface area contributed by atoms with Crippen LogP contribution < -0.4 is 10.6 Å². The smallest absolute Gasteiger partial charge is 0.170 e. The highest BCUT2D eigenvalue weighted by Crippen LogP contribution is 2.34. The van der Waals surface area contributed by atoms with Crippen LogP contribution in [-0.2, 0) is 0 Å². The van der Waals surface area contributed by atoms with Crippen LogP contribution in [-0.4, -0.2) is 16.3 Å². The maximum atomic E-state index is 9.49. The van der Waals surface area contributed by atoms with Gasteiger partial charge in [0.2, 0.25) is 0 Å². The molecule has 1 aliphatic carbocycles. The zero-order chi connectivity index (χ0) is 13.8. The number of phenols is 1. The van der Waals surface area contributed by atoms with E-state index in [0.29, 0.717) is 16.8 Å². The molecule has 19 heavy (non-hydrogen) atoms. The summed E-state index contributed by atoms with van der Waals surface area (Å²) in [7, 11) is 0. The Hall–Kier alpha value is -0.710. The Morgan fingerprint density at radius 2 is 1.74 bits per heavy atom. The summed E-state index contributed by atoms with van der Waals surface area (Å²) < 4.78 is 0. The molecule has 3 nitrogen and oxygen atoms in total. The number of benzene rings is 1. The molecule has 0 heterocycles. The van der Waals surface area contributed by atoms with Crippen LogP contribution in [0.5, 0.6) is 5.75 Å². The molecule has 1 aliphatic rings. The first-order chi connectivity index (χ1) is 9.06. The summed E-state index contributed by atoms with van der Waals surface area (Å²) in [6.45, 7) is 0. The molecule has 0 spiro atoms. The quantitative estimate of drug-likeness (QED) is 0.561. The van der Waals surface area contributed by atoms with Crippen LogP contribution in [0.4, 0.5) is 5.69 Å². The van der Waals surface area contributed by atoms with E-state index in [1.54, 1.807) is 12.1 Å². The lowest BCUT2D eigenvalue weighted by atomic mass is 9.96. The molecule has 2 rings (SSSR count). The number of hydrogen-bond acceptors (Lipinski definition) is 2. The maximum Gasteiger partial charge on any atom is 0.170 e. The van der Waals surface area contributed by atoms with Crippen LogP contribution in [0.1, 0.15) is 32.1 Å². The molecule has 0 aromatic heterocycles. The van der Waals surface area contributed by atoms with Gasteiger partial charge in [-0.1, -0.05) is 42.5 Å². The normalized spacial score (nSPS) is 16.1. The standard InChI is InChI=1S/C13H16Cl2N2OS/c14-10-6-9(7-11(15)12(10)18)17-13(19)16-8-4-2-1-3-5-8/h6-8,18H,1-5H2,(H2,16,17,19). The summed E-state index contributed by atoms with van der Waals surface area (Å²) >= 11 is 17.0. The van der Waals surface area contributed by atoms with Crippen LogP contribution in [0.2, 0.25) is 10.0 Å². The van der Waals surface area contributed by atoms with E-state index in [4.69, 9.17) is 35.4 Å². The fourth-order valence-electron chi connectivity index (χ4n) is 2.24. The molecule has 1 fully saturated rings. The van der Waals surface area contributed by atoms with Crippen LogP contribution in [0.25, 0.3) is 0 Å². The minimum Gasteiger partial charge on any atom is -0.505 e. The minimum absolute atomic E-state index is 0.111. The summed E-state index contributed by atoms with van der Waals surface area (Å²) in [6.07, 6.45) is 6.10. The molecule has 0 saturated heterocycles. The average Bonchev–Trinajstić information content (AvgIpc) is 2.37. The van der Waals surface area contributed by atoms with Gasteiger partial charge in [0.25, 0.3) is 0 Å². The van der Waals surface area contributed by atoms with Crippen LogP contribution >= 0.6 is 35.4 Å². The van der Waals surface area contributed by atoms with Crippen molar-refractivity contribution in [3.63, 3.8) is 0 Å². The molecule has 0 radical (unpaired) electrons. The zero-order valence-corrected chi connectivity index (χ0v) is 12.7. The molecule has 104 valence electrons. The van der Waals surface area contributed by atoms with Gasteiger partial charge in [0, 0.05) is 11.7 Å². The van der Waals surface area contributed by atoms with E-state index in [1.807, 2.05) is 0 Å². The lowest BCUT2D eigenvalue weighted by molar-refractivity contribution is 0.415. The molecule has 0 unspecified atom stereocenters. The summed E-state index contributed by atoms with van der Waals surface area (Å²) in [4.78, 5) is 0. The molecular formula is C13H16Cl2N2OS. The molecule has 3 N–H and O–H groups in total. The predicted molar refractivity (Wildman–Crippen MR) is 84.4 cm³/mol. The first-order valence-electron chi connectivity index (χ1n) is 6.32. The van der Waals surface area contributed by atoms with Crippen molar-refractivity contribution < 1.29 is 5.11 Å². The number of phenolic OH excluding ortho intramolecular Hbond substituents is 1. The van der Waals surface area contributed by atoms with Gasteiger partial charge in [-0.2, -0.15) is 0 Å². The van der Waals surface area contributed by atoms with Gasteiger partial charge in [-0.3, -0.25) is 0 Å². The number of hydrogen-bond donors (Lipinski definition) is 3. The van der Waals surface area contributed by atoms with Crippen LogP contribution in [0.15, 0.2) is 12.1 Å². The van der Waals surface area contributed by atoms with Gasteiger partial charge in [-0.05, 0) is 37.2 Å². The molecule has 1 aromatic rings. The Balaban J connectivity index is 1.94. The second-order valence-electron chi connectivity index (χ2n) is 4.72. The number of anilines is 1. The van der Waals surface area contributed by atoms with E-state index >= 15 is 0 Å². The van der Waals surface area contributed by atoms with E-state index in [2.05, 4.69) is 10.6 Å². The molecule has 1 aromatic carbocycles. The van der Waals surface area contributed by atoms with Crippen molar-refractivity contribution in [1.82, 2.24) is 5.32 Å². The van der Waals surface area contributed by atoms with E-state index in [0.717, 1.165) is 12.8 Å². The van der Waals surface area contributed by atoms with Crippen molar-refractivity contribution in [3.05, 3.63) is 22.2 Å². The Kier molecular flexibility index (Phi) is 5.13. The van der Waals surface area contributed by atoms with E-state index in [-0.39, 0.29) is 15.8 Å². The molecule has 1 saturated carbocycles. The average molecular weight is 319 g/mol. The zero-order valence-electron chi connectivity index (χ0n) is 10.4. The molecule has 0 atom stereocenters. The monoisotopic (exact) mass is 318 g/mol. The molecule has 6 heteroatoms. The summed E-state index contributed by atoms with van der Waals surface area (Å²) in [5.74, 6) is -0.111. The molecular weight excluding hydrogens is 303 g/mol. The van der Waals surface area contributed by atoms with Gasteiger partial charge in [0.05, 0.1) is 10.0 Å². The first-order valence-corrected chi connectivity index (χ1v) is 7.48. The van der Waals surface area contributed by atoms with Gasteiger partial charge in [-0.25, -0.2) is 0 Å². The first kappa shape index (κ1) is 14.7. The van der Waals surface area contributed by atoms with Gasteiger partial charge >= 0.3 is 0 Å². The van der Waals surface area contributed by atoms with Crippen LogP contribution in [0.3, 0.4) is 0 Å². The van der Waals surface area contributed by atoms with Gasteiger partial charge < -0.3 is 15.7 Å². The number of aromatic hydroxyl groups is 1. The number of rotatable bonds is 2. The van der Waals surface area contributed by atoms with E-state index in [9.17, 15) is 5.11 Å². The Bertz CT molecular complexity index is 453. The number of nitrogens with one attached hydrogen (secondary N) is 2. The van der Waals surface area contributed by atoms with Crippen molar-refractivity contribution in [2.24, 2.45) is 0 Å². The maximum absolute atomic E-state index is 9.49. The Morgan fingerprint density at radius 1 is 1.16 bits per heavy atom. The number of halogens is 2. The van der Waals surface area contributed by atoms with Crippen molar-refractivity contribution >= 4 is 46.2 Å². The highest BCUT2D eigenvalue weighted by atomic mass is 35.5. The third kappa shape index (κ3) is 4.13. The third-order valence-electron chi connectivity index (χ3n) is 3.22. The largest absolute Gasteiger partial charge is 0.505 e. The molecule has 0 aliphatic heterocycles. The molecule has 0 amide bonds. The number of thiocarbonyl (C=S) groups is 1. The SMILES string of the molecule is Oc1c(Cl)cc(NC(=S)NC2CCCCC2)cc1Cl. The Morgan fingerprint density at radius 3 is 2.32 bits per heavy atom. The van der Waals surface area contributed by atoms with Crippen molar-refractivity contribution in [3.8, 4) is 5.75 Å². The van der Waals surface area contributed by atoms with Gasteiger partial charge in [0.15, 0.2) is 10.9 Å². The summed E-state index contributed by atoms with van der Waals surface area (Å²) in [5.41, 5.74) is 0.668. The highest BCUT2D eigenvalue weighted by molar-refractivity contribution is 7.80. The summed E-state index contributed by atoms with van der Waals surface area (Å²) in [5, 5.41) is 16.8. The fraction of sp³-hybridized carbons (Fsp3) is 0.462. The lowest BCUT2D eigenvalue weighted by Gasteiger charge is -2.24. The third-order valence-corrected chi connectivity index (χ3v) is 4.01. The van der Waals surface area contributed by atoms with Crippen molar-refractivity contribution in [2.75, 3.05) is 5.32 Å². The van der Waals surface area contributed by atoms with Gasteiger partial charge in [0.1, 0.15) is 0 Å².